The number of hydrogen-bond acceptors (Lipinski definition) is 3. The monoisotopic (exact) mass is 367 g/mol. The van der Waals surface area contributed by atoms with Crippen LogP contribution in [0.3, 0.4) is 0 Å². The number of nitrogens with zero attached hydrogens (tertiary/aromatic N) is 1. The van der Waals surface area contributed by atoms with Crippen molar-refractivity contribution in [2.24, 2.45) is 11.7 Å². The van der Waals surface area contributed by atoms with Crippen LogP contribution in [0.15, 0.2) is 18.2 Å². The second kappa shape index (κ2) is 9.78. The number of carbonyl (C=O) groups is 2. The molecular formula is C19H30ClN3O2. The van der Waals surface area contributed by atoms with Crippen LogP contribution in [-0.2, 0) is 9.59 Å². The highest BCUT2D eigenvalue weighted by Crippen LogP contribution is 2.25. The Balaban J connectivity index is 0.00000312. The SMILES string of the molecule is CCN(CC(=O)Nc1c(C)cccc1C)C(=O)C1CCCC(N)C1.Cl. The van der Waals surface area contributed by atoms with Crippen LogP contribution in [-0.4, -0.2) is 35.8 Å². The molecule has 0 bridgehead atoms. The van der Waals surface area contributed by atoms with E-state index in [-0.39, 0.29) is 42.7 Å². The van der Waals surface area contributed by atoms with Crippen LogP contribution in [0.2, 0.25) is 0 Å². The lowest BCUT2D eigenvalue weighted by molar-refractivity contribution is -0.139. The third-order valence-electron chi connectivity index (χ3n) is 4.84. The first-order valence-corrected chi connectivity index (χ1v) is 8.82. The molecule has 1 aromatic carbocycles. The lowest BCUT2D eigenvalue weighted by Crippen LogP contribution is -2.44. The van der Waals surface area contributed by atoms with E-state index in [1.165, 1.54) is 0 Å². The second-order valence-electron chi connectivity index (χ2n) is 6.79. The molecular weight excluding hydrogens is 338 g/mol. The average molecular weight is 368 g/mol. The van der Waals surface area contributed by atoms with Gasteiger partial charge in [0.2, 0.25) is 11.8 Å². The molecule has 6 heteroatoms. The zero-order valence-corrected chi connectivity index (χ0v) is 16.2. The molecule has 1 aliphatic carbocycles. The molecule has 0 aromatic heterocycles. The summed E-state index contributed by atoms with van der Waals surface area (Å²) in [6, 6.07) is 6.01. The molecule has 1 fully saturated rings. The van der Waals surface area contributed by atoms with Gasteiger partial charge in [-0.1, -0.05) is 24.6 Å². The van der Waals surface area contributed by atoms with E-state index >= 15 is 0 Å². The van der Waals surface area contributed by atoms with Gasteiger partial charge >= 0.3 is 0 Å². The molecule has 1 aromatic rings. The standard InChI is InChI=1S/C19H29N3O2.ClH/c1-4-22(19(24)15-9-6-10-16(20)11-15)12-17(23)21-18-13(2)7-5-8-14(18)3;/h5,7-8,15-16H,4,6,9-12,20H2,1-3H3,(H,21,23);1H. The van der Waals surface area contributed by atoms with Gasteiger partial charge in [0, 0.05) is 24.2 Å². The first kappa shape index (κ1) is 21.5. The molecule has 0 heterocycles. The minimum Gasteiger partial charge on any atom is -0.333 e. The maximum absolute atomic E-state index is 12.7. The number of aryl methyl sites for hydroxylation is 2. The summed E-state index contributed by atoms with van der Waals surface area (Å²) in [7, 11) is 0. The highest BCUT2D eigenvalue weighted by molar-refractivity contribution is 5.96. The van der Waals surface area contributed by atoms with Gasteiger partial charge in [-0.25, -0.2) is 0 Å². The van der Waals surface area contributed by atoms with Crippen LogP contribution in [0.4, 0.5) is 5.69 Å². The molecule has 2 unspecified atom stereocenters. The predicted octanol–water partition coefficient (Wildman–Crippen LogP) is 3.03. The normalized spacial score (nSPS) is 19.7. The lowest BCUT2D eigenvalue weighted by Gasteiger charge is -2.30. The molecule has 3 N–H and O–H groups in total. The largest absolute Gasteiger partial charge is 0.333 e. The zero-order chi connectivity index (χ0) is 17.7. The number of hydrogen-bond donors (Lipinski definition) is 2. The molecule has 2 rings (SSSR count). The molecule has 25 heavy (non-hydrogen) atoms. The van der Waals surface area contributed by atoms with E-state index in [1.807, 2.05) is 39.0 Å². The Morgan fingerprint density at radius 3 is 2.44 bits per heavy atom. The van der Waals surface area contributed by atoms with Gasteiger partial charge in [0.15, 0.2) is 0 Å². The van der Waals surface area contributed by atoms with Crippen molar-refractivity contribution in [3.05, 3.63) is 29.3 Å². The summed E-state index contributed by atoms with van der Waals surface area (Å²) in [5.41, 5.74) is 8.88. The van der Waals surface area contributed by atoms with Crippen molar-refractivity contribution >= 4 is 29.9 Å². The average Bonchev–Trinajstić information content (AvgIpc) is 2.55. The van der Waals surface area contributed by atoms with Gasteiger partial charge in [0.25, 0.3) is 0 Å². The van der Waals surface area contributed by atoms with Gasteiger partial charge in [-0.15, -0.1) is 12.4 Å². The summed E-state index contributed by atoms with van der Waals surface area (Å²) in [6.07, 6.45) is 3.59. The third-order valence-corrected chi connectivity index (χ3v) is 4.84. The number of para-hydroxylation sites is 1. The lowest BCUT2D eigenvalue weighted by atomic mass is 9.85. The maximum atomic E-state index is 12.7. The highest BCUT2D eigenvalue weighted by atomic mass is 35.5. The van der Waals surface area contributed by atoms with Crippen molar-refractivity contribution in [3.8, 4) is 0 Å². The van der Waals surface area contributed by atoms with E-state index < -0.39 is 0 Å². The predicted molar refractivity (Wildman–Crippen MR) is 104 cm³/mol. The summed E-state index contributed by atoms with van der Waals surface area (Å²) in [6.45, 7) is 6.47. The number of nitrogens with one attached hydrogen (secondary N) is 1. The van der Waals surface area contributed by atoms with Gasteiger partial charge < -0.3 is 16.0 Å². The number of nitrogens with two attached hydrogens (primary N) is 1. The number of likely N-dealkylation sites (N-methyl/N-ethyl adjacent to an activating group) is 1. The topological polar surface area (TPSA) is 75.4 Å². The van der Waals surface area contributed by atoms with E-state index in [1.54, 1.807) is 4.90 Å². The van der Waals surface area contributed by atoms with Gasteiger partial charge in [-0.2, -0.15) is 0 Å². The Bertz CT molecular complexity index is 586. The Morgan fingerprint density at radius 1 is 1.24 bits per heavy atom. The van der Waals surface area contributed by atoms with Crippen LogP contribution in [0, 0.1) is 19.8 Å². The van der Waals surface area contributed by atoms with Gasteiger partial charge in [-0.3, -0.25) is 9.59 Å². The van der Waals surface area contributed by atoms with Crippen LogP contribution in [0.1, 0.15) is 43.7 Å². The van der Waals surface area contributed by atoms with Crippen LogP contribution < -0.4 is 11.1 Å². The molecule has 0 spiro atoms. The highest BCUT2D eigenvalue weighted by Gasteiger charge is 2.29. The van der Waals surface area contributed by atoms with E-state index in [2.05, 4.69) is 5.32 Å². The molecule has 1 aliphatic rings. The van der Waals surface area contributed by atoms with Crippen molar-refractivity contribution in [2.45, 2.75) is 52.5 Å². The van der Waals surface area contributed by atoms with Crippen LogP contribution in [0.5, 0.6) is 0 Å². The molecule has 0 aliphatic heterocycles. The van der Waals surface area contributed by atoms with Gasteiger partial charge in [-0.05, 0) is 51.2 Å². The molecule has 0 saturated heterocycles. The Hall–Kier alpha value is -1.59. The summed E-state index contributed by atoms with van der Waals surface area (Å²) in [5.74, 6) is -0.131. The molecule has 2 atom stereocenters. The molecule has 140 valence electrons. The Morgan fingerprint density at radius 2 is 1.88 bits per heavy atom. The minimum atomic E-state index is -0.150. The zero-order valence-electron chi connectivity index (χ0n) is 15.4. The van der Waals surface area contributed by atoms with E-state index in [9.17, 15) is 9.59 Å². The van der Waals surface area contributed by atoms with Crippen molar-refractivity contribution in [2.75, 3.05) is 18.4 Å². The molecule has 5 nitrogen and oxygen atoms in total. The minimum absolute atomic E-state index is 0. The quantitative estimate of drug-likeness (QED) is 0.839. The van der Waals surface area contributed by atoms with E-state index in [0.717, 1.165) is 42.5 Å². The summed E-state index contributed by atoms with van der Waals surface area (Å²) in [4.78, 5) is 26.7. The number of carbonyl (C=O) groups excluding carboxylic acids is 2. The fourth-order valence-corrected chi connectivity index (χ4v) is 3.42. The number of rotatable bonds is 5. The van der Waals surface area contributed by atoms with Crippen LogP contribution in [0.25, 0.3) is 0 Å². The van der Waals surface area contributed by atoms with Gasteiger partial charge in [0.05, 0.1) is 6.54 Å². The number of halogens is 1. The Kier molecular flexibility index (Phi) is 8.39. The summed E-state index contributed by atoms with van der Waals surface area (Å²) >= 11 is 0. The van der Waals surface area contributed by atoms with Crippen molar-refractivity contribution in [3.63, 3.8) is 0 Å². The van der Waals surface area contributed by atoms with E-state index in [0.29, 0.717) is 6.54 Å². The van der Waals surface area contributed by atoms with Crippen molar-refractivity contribution < 1.29 is 9.59 Å². The Labute approximate surface area is 156 Å². The second-order valence-corrected chi connectivity index (χ2v) is 6.79. The van der Waals surface area contributed by atoms with E-state index in [4.69, 9.17) is 5.73 Å². The first-order chi connectivity index (χ1) is 11.4. The number of benzene rings is 1. The first-order valence-electron chi connectivity index (χ1n) is 8.82. The smallest absolute Gasteiger partial charge is 0.244 e. The van der Waals surface area contributed by atoms with Crippen molar-refractivity contribution in [1.29, 1.82) is 0 Å². The fourth-order valence-electron chi connectivity index (χ4n) is 3.42. The van der Waals surface area contributed by atoms with Crippen molar-refractivity contribution in [1.82, 2.24) is 4.90 Å². The van der Waals surface area contributed by atoms with Gasteiger partial charge in [0.1, 0.15) is 0 Å². The maximum Gasteiger partial charge on any atom is 0.244 e. The summed E-state index contributed by atoms with van der Waals surface area (Å²) < 4.78 is 0. The van der Waals surface area contributed by atoms with Crippen LogP contribution >= 0.6 is 12.4 Å². The fraction of sp³-hybridized carbons (Fsp3) is 0.579. The molecule has 0 radical (unpaired) electrons. The number of anilines is 1. The third kappa shape index (κ3) is 5.72. The molecule has 1 saturated carbocycles. The summed E-state index contributed by atoms with van der Waals surface area (Å²) in [5, 5.41) is 2.95. The molecule has 2 amide bonds. The number of amides is 2.